The quantitative estimate of drug-likeness (QED) is 0.264. The summed E-state index contributed by atoms with van der Waals surface area (Å²) >= 11 is 0. The summed E-state index contributed by atoms with van der Waals surface area (Å²) in [6.07, 6.45) is 6.83. The molecular weight excluding hydrogens is 468 g/mol. The summed E-state index contributed by atoms with van der Waals surface area (Å²) in [7, 11) is -4.02. The van der Waals surface area contributed by atoms with E-state index in [1.807, 2.05) is 6.92 Å². The van der Waals surface area contributed by atoms with E-state index in [4.69, 9.17) is 9.29 Å². The summed E-state index contributed by atoms with van der Waals surface area (Å²) in [5.41, 5.74) is -0.333. The Balaban J connectivity index is 1.80. The second-order valence-corrected chi connectivity index (χ2v) is 9.76. The number of carbonyl (C=O) groups excluding carboxylic acids is 2. The topological polar surface area (TPSA) is 122 Å². The van der Waals surface area contributed by atoms with Crippen LogP contribution in [0.15, 0.2) is 95.6 Å². The number of para-hydroxylation sites is 1. The Bertz CT molecular complexity index is 1240. The van der Waals surface area contributed by atoms with Crippen molar-refractivity contribution in [1.82, 2.24) is 10.6 Å². The van der Waals surface area contributed by atoms with Gasteiger partial charge in [0.15, 0.2) is 0 Å². The Morgan fingerprint density at radius 3 is 2.34 bits per heavy atom. The molecule has 2 amide bonds. The molecule has 1 aliphatic rings. The fourth-order valence-electron chi connectivity index (χ4n) is 3.32. The molecule has 2 aromatic carbocycles. The van der Waals surface area contributed by atoms with Gasteiger partial charge in [0.25, 0.3) is 11.8 Å². The molecule has 184 valence electrons. The van der Waals surface area contributed by atoms with Crippen LogP contribution in [-0.2, 0) is 14.9 Å². The van der Waals surface area contributed by atoms with Crippen LogP contribution in [0.25, 0.3) is 0 Å². The van der Waals surface area contributed by atoms with E-state index in [0.29, 0.717) is 12.0 Å². The van der Waals surface area contributed by atoms with Crippen LogP contribution in [0.1, 0.15) is 30.1 Å². The third-order valence-corrected chi connectivity index (χ3v) is 6.52. The van der Waals surface area contributed by atoms with Gasteiger partial charge in [-0.05, 0) is 49.3 Å². The molecule has 3 N–H and O–H groups in total. The van der Waals surface area contributed by atoms with E-state index in [-0.39, 0.29) is 35.9 Å². The van der Waals surface area contributed by atoms with Crippen LogP contribution >= 0.6 is 0 Å². The van der Waals surface area contributed by atoms with Gasteiger partial charge in [-0.25, -0.2) is 0 Å². The van der Waals surface area contributed by atoms with Crippen molar-refractivity contribution in [2.75, 3.05) is 13.2 Å². The first-order chi connectivity index (χ1) is 16.7. The lowest BCUT2D eigenvalue weighted by atomic mass is 9.82. The van der Waals surface area contributed by atoms with Crippen molar-refractivity contribution in [3.63, 3.8) is 0 Å². The Hall–Kier alpha value is -3.69. The molecule has 2 aromatic rings. The fourth-order valence-corrected chi connectivity index (χ4v) is 4.30. The van der Waals surface area contributed by atoms with Gasteiger partial charge in [-0.15, -0.1) is 0 Å². The van der Waals surface area contributed by atoms with Crippen molar-refractivity contribution < 1.29 is 27.3 Å². The molecule has 0 fully saturated rings. The Kier molecular flexibility index (Phi) is 8.62. The van der Waals surface area contributed by atoms with Crippen LogP contribution in [-0.4, -0.2) is 38.5 Å². The normalized spacial score (nSPS) is 17.9. The molecule has 0 heterocycles. The lowest BCUT2D eigenvalue weighted by Gasteiger charge is -2.26. The number of amides is 2. The summed E-state index contributed by atoms with van der Waals surface area (Å²) in [4.78, 5) is 25.5. The largest absolute Gasteiger partial charge is 0.396 e. The zero-order valence-corrected chi connectivity index (χ0v) is 20.1. The fraction of sp³-hybridized carbons (Fsp3) is 0.231. The lowest BCUT2D eigenvalue weighted by Crippen LogP contribution is -2.36. The number of carbonyl (C=O) groups is 2. The van der Waals surface area contributed by atoms with E-state index in [1.165, 1.54) is 12.2 Å². The number of hydrogen-bond donors (Lipinski definition) is 3. The van der Waals surface area contributed by atoms with Gasteiger partial charge in [-0.2, -0.15) is 8.42 Å². The molecule has 8 nitrogen and oxygen atoms in total. The van der Waals surface area contributed by atoms with Gasteiger partial charge < -0.3 is 19.9 Å². The third kappa shape index (κ3) is 7.40. The van der Waals surface area contributed by atoms with Gasteiger partial charge in [0.2, 0.25) is 0 Å². The number of benzene rings is 2. The highest BCUT2D eigenvalue weighted by Crippen LogP contribution is 2.34. The standard InChI is InChI=1S/C26H28N2O6S/c1-26(15-13-22(14-16-26)35(32,33)34-21-11-6-3-7-12-21)19-23(25(31)27-17-8-18-29)28-24(30)20-9-4-2-5-10-20/h2-7,9-15,19,29H,8,16-18H2,1H3,(H,27,31)(H,28,30)/b23-19-. The van der Waals surface area contributed by atoms with Gasteiger partial charge in [0.05, 0.1) is 0 Å². The molecule has 0 bridgehead atoms. The molecule has 0 aromatic heterocycles. The van der Waals surface area contributed by atoms with Crippen LogP contribution in [0, 0.1) is 5.41 Å². The first-order valence-corrected chi connectivity index (χ1v) is 12.5. The van der Waals surface area contributed by atoms with E-state index in [2.05, 4.69) is 10.6 Å². The molecule has 1 aliphatic carbocycles. The second-order valence-electron chi connectivity index (χ2n) is 8.21. The molecule has 0 radical (unpaired) electrons. The highest BCUT2D eigenvalue weighted by atomic mass is 32.2. The summed E-state index contributed by atoms with van der Waals surface area (Å²) in [6, 6.07) is 16.7. The molecule has 0 saturated carbocycles. The first-order valence-electron chi connectivity index (χ1n) is 11.1. The number of aliphatic hydroxyl groups excluding tert-OH is 1. The molecule has 0 spiro atoms. The molecule has 1 unspecified atom stereocenters. The van der Waals surface area contributed by atoms with Crippen LogP contribution < -0.4 is 14.8 Å². The number of allylic oxidation sites excluding steroid dienone is 4. The van der Waals surface area contributed by atoms with Crippen molar-refractivity contribution in [3.8, 4) is 5.75 Å². The van der Waals surface area contributed by atoms with Crippen molar-refractivity contribution in [2.24, 2.45) is 5.41 Å². The third-order valence-electron chi connectivity index (χ3n) is 5.23. The summed E-state index contributed by atoms with van der Waals surface area (Å²) in [6.45, 7) is 1.97. The lowest BCUT2D eigenvalue weighted by molar-refractivity contribution is -0.117. The number of nitrogens with one attached hydrogen (secondary N) is 2. The Labute approximate surface area is 205 Å². The second kappa shape index (κ2) is 11.6. The maximum atomic E-state index is 12.8. The van der Waals surface area contributed by atoms with Crippen LogP contribution in [0.2, 0.25) is 0 Å². The van der Waals surface area contributed by atoms with Gasteiger partial charge >= 0.3 is 10.1 Å². The van der Waals surface area contributed by atoms with Crippen LogP contribution in [0.4, 0.5) is 0 Å². The predicted octanol–water partition coefficient (Wildman–Crippen LogP) is 3.06. The molecule has 9 heteroatoms. The first kappa shape index (κ1) is 25.9. The van der Waals surface area contributed by atoms with Crippen molar-refractivity contribution in [1.29, 1.82) is 0 Å². The van der Waals surface area contributed by atoms with Crippen molar-refractivity contribution in [3.05, 3.63) is 101 Å². The summed E-state index contributed by atoms with van der Waals surface area (Å²) in [5, 5.41) is 14.3. The number of hydrogen-bond acceptors (Lipinski definition) is 6. The summed E-state index contributed by atoms with van der Waals surface area (Å²) < 4.78 is 30.5. The van der Waals surface area contributed by atoms with E-state index in [0.717, 1.165) is 0 Å². The average molecular weight is 497 g/mol. The highest BCUT2D eigenvalue weighted by molar-refractivity contribution is 7.91. The highest BCUT2D eigenvalue weighted by Gasteiger charge is 2.28. The van der Waals surface area contributed by atoms with Crippen molar-refractivity contribution >= 4 is 21.9 Å². The van der Waals surface area contributed by atoms with E-state index < -0.39 is 27.3 Å². The van der Waals surface area contributed by atoms with E-state index in [1.54, 1.807) is 72.8 Å². The monoisotopic (exact) mass is 496 g/mol. The van der Waals surface area contributed by atoms with Crippen LogP contribution in [0.5, 0.6) is 5.75 Å². The molecule has 0 aliphatic heterocycles. The zero-order chi connectivity index (χ0) is 25.3. The number of rotatable bonds is 10. The maximum absolute atomic E-state index is 12.8. The minimum Gasteiger partial charge on any atom is -0.396 e. The van der Waals surface area contributed by atoms with Gasteiger partial charge in [-0.1, -0.05) is 55.5 Å². The van der Waals surface area contributed by atoms with Gasteiger partial charge in [0, 0.05) is 24.1 Å². The smallest absolute Gasteiger partial charge is 0.338 e. The minimum absolute atomic E-state index is 0.00879. The SMILES string of the molecule is CC1(/C=C(\NC(=O)c2ccccc2)C(=O)NCCCO)C=CC(S(=O)(=O)Oc2ccccc2)=CC1. The van der Waals surface area contributed by atoms with Gasteiger partial charge in [0.1, 0.15) is 16.4 Å². The van der Waals surface area contributed by atoms with Gasteiger partial charge in [-0.3, -0.25) is 9.59 Å². The molecule has 1 atom stereocenters. The zero-order valence-electron chi connectivity index (χ0n) is 19.3. The maximum Gasteiger partial charge on any atom is 0.338 e. The minimum atomic E-state index is -4.02. The Morgan fingerprint density at radius 2 is 1.74 bits per heavy atom. The van der Waals surface area contributed by atoms with E-state index in [9.17, 15) is 18.0 Å². The molecular formula is C26H28N2O6S. The Morgan fingerprint density at radius 1 is 1.09 bits per heavy atom. The molecule has 0 saturated heterocycles. The molecule has 35 heavy (non-hydrogen) atoms. The van der Waals surface area contributed by atoms with E-state index >= 15 is 0 Å². The predicted molar refractivity (Wildman–Crippen MR) is 133 cm³/mol. The average Bonchev–Trinajstić information content (AvgIpc) is 2.84. The summed E-state index contributed by atoms with van der Waals surface area (Å²) in [5.74, 6) is -0.750. The van der Waals surface area contributed by atoms with Crippen LogP contribution in [0.3, 0.4) is 0 Å². The number of aliphatic hydroxyl groups is 1. The van der Waals surface area contributed by atoms with Crippen molar-refractivity contribution in [2.45, 2.75) is 19.8 Å². The molecule has 3 rings (SSSR count).